The monoisotopic (exact) mass is 248 g/mol. The van der Waals surface area contributed by atoms with Crippen LogP contribution in [0.4, 0.5) is 0 Å². The molecule has 17 heavy (non-hydrogen) atoms. The van der Waals surface area contributed by atoms with Gasteiger partial charge in [-0.15, -0.1) is 10.2 Å². The van der Waals surface area contributed by atoms with E-state index >= 15 is 0 Å². The lowest BCUT2D eigenvalue weighted by Gasteiger charge is -1.96. The third-order valence-electron chi connectivity index (χ3n) is 2.69. The van der Waals surface area contributed by atoms with Gasteiger partial charge < -0.3 is 4.42 Å². The summed E-state index contributed by atoms with van der Waals surface area (Å²) in [5, 5.41) is 8.16. The van der Waals surface area contributed by atoms with Crippen molar-refractivity contribution in [1.29, 1.82) is 0 Å². The van der Waals surface area contributed by atoms with E-state index < -0.39 is 0 Å². The van der Waals surface area contributed by atoms with Gasteiger partial charge in [0.1, 0.15) is 0 Å². The van der Waals surface area contributed by atoms with Crippen molar-refractivity contribution in [1.82, 2.24) is 10.2 Å². The number of halogens is 1. The first-order chi connectivity index (χ1) is 8.25. The Morgan fingerprint density at radius 2 is 2.06 bits per heavy atom. The van der Waals surface area contributed by atoms with Gasteiger partial charge in [0.25, 0.3) is 5.89 Å². The Morgan fingerprint density at radius 3 is 2.76 bits per heavy atom. The topological polar surface area (TPSA) is 56.0 Å². The third kappa shape index (κ3) is 1.96. The number of nitrogens with zero attached hydrogens (tertiary/aromatic N) is 2. The molecule has 86 valence electrons. The second kappa shape index (κ2) is 3.96. The summed E-state index contributed by atoms with van der Waals surface area (Å²) in [6, 6.07) is 7.16. The first-order valence-corrected chi connectivity index (χ1v) is 5.76. The Labute approximate surface area is 103 Å². The zero-order chi connectivity index (χ0) is 11.8. The molecule has 1 aromatic heterocycles. The molecular weight excluding hydrogens is 240 g/mol. The molecule has 0 radical (unpaired) electrons. The lowest BCUT2D eigenvalue weighted by molar-refractivity contribution is 0.0934. The molecule has 0 saturated heterocycles. The molecule has 1 heterocycles. The molecule has 2 aromatic rings. The van der Waals surface area contributed by atoms with Crippen LogP contribution in [0.2, 0.25) is 5.02 Å². The fourth-order valence-electron chi connectivity index (χ4n) is 1.59. The molecule has 5 heteroatoms. The highest BCUT2D eigenvalue weighted by atomic mass is 35.5. The maximum absolute atomic E-state index is 11.7. The number of benzene rings is 1. The van der Waals surface area contributed by atoms with E-state index in [9.17, 15) is 4.79 Å². The average molecular weight is 249 g/mol. The Balaban J connectivity index is 1.94. The fraction of sp³-hybridized carbons (Fsp3) is 0.250. The molecular formula is C12H9ClN2O2. The largest absolute Gasteiger partial charge is 0.414 e. The van der Waals surface area contributed by atoms with Crippen molar-refractivity contribution in [2.45, 2.75) is 12.8 Å². The van der Waals surface area contributed by atoms with Crippen LogP contribution in [0.1, 0.15) is 23.5 Å². The van der Waals surface area contributed by atoms with E-state index in [4.69, 9.17) is 16.0 Å². The molecule has 0 aliphatic heterocycles. The van der Waals surface area contributed by atoms with E-state index in [2.05, 4.69) is 10.2 Å². The van der Waals surface area contributed by atoms with Gasteiger partial charge in [-0.25, -0.2) is 0 Å². The molecule has 0 unspecified atom stereocenters. The van der Waals surface area contributed by atoms with Gasteiger partial charge >= 0.3 is 0 Å². The number of hydrogen-bond acceptors (Lipinski definition) is 4. The van der Waals surface area contributed by atoms with Crippen molar-refractivity contribution >= 4 is 17.4 Å². The van der Waals surface area contributed by atoms with Crippen molar-refractivity contribution in [3.8, 4) is 11.5 Å². The Bertz CT molecular complexity index is 575. The number of ketones is 1. The maximum atomic E-state index is 11.7. The number of Topliss-reactive ketones (excluding diaryl/α,β-unsaturated/α-hetero) is 1. The number of aromatic nitrogens is 2. The molecule has 1 aliphatic rings. The molecule has 0 amide bonds. The summed E-state index contributed by atoms with van der Waals surface area (Å²) in [6.07, 6.45) is 1.84. The highest BCUT2D eigenvalue weighted by Gasteiger charge is 2.34. The summed E-state index contributed by atoms with van der Waals surface area (Å²) < 4.78 is 5.36. The van der Waals surface area contributed by atoms with Crippen LogP contribution in [-0.4, -0.2) is 16.0 Å². The van der Waals surface area contributed by atoms with E-state index in [-0.39, 0.29) is 17.6 Å². The minimum atomic E-state index is -0.0594. The third-order valence-corrected chi connectivity index (χ3v) is 3.02. The van der Waals surface area contributed by atoms with Crippen LogP contribution in [0.25, 0.3) is 11.5 Å². The van der Waals surface area contributed by atoms with Gasteiger partial charge in [0, 0.05) is 5.92 Å². The molecule has 1 fully saturated rings. The number of carbonyl (C=O) groups excluding carboxylic acids is 1. The molecule has 1 aliphatic carbocycles. The quantitative estimate of drug-likeness (QED) is 0.784. The fourth-order valence-corrected chi connectivity index (χ4v) is 1.80. The Hall–Kier alpha value is -1.68. The smallest absolute Gasteiger partial charge is 0.284 e. The van der Waals surface area contributed by atoms with Crippen LogP contribution in [-0.2, 0) is 0 Å². The summed E-state index contributed by atoms with van der Waals surface area (Å²) in [5.41, 5.74) is 0.650. The van der Waals surface area contributed by atoms with Crippen LogP contribution in [0, 0.1) is 5.92 Å². The molecule has 0 N–H and O–H groups in total. The van der Waals surface area contributed by atoms with Crippen molar-refractivity contribution < 1.29 is 9.21 Å². The second-order valence-electron chi connectivity index (χ2n) is 4.03. The van der Waals surface area contributed by atoms with Gasteiger partial charge in [-0.05, 0) is 25.0 Å². The van der Waals surface area contributed by atoms with Crippen LogP contribution in [0.5, 0.6) is 0 Å². The highest BCUT2D eigenvalue weighted by molar-refractivity contribution is 6.33. The van der Waals surface area contributed by atoms with Crippen molar-refractivity contribution in [2.75, 3.05) is 0 Å². The molecule has 3 rings (SSSR count). The number of hydrogen-bond donors (Lipinski definition) is 0. The molecule has 1 aromatic carbocycles. The predicted molar refractivity (Wildman–Crippen MR) is 61.8 cm³/mol. The van der Waals surface area contributed by atoms with Gasteiger partial charge in [-0.2, -0.15) is 0 Å². The van der Waals surface area contributed by atoms with E-state index in [1.54, 1.807) is 12.1 Å². The zero-order valence-electron chi connectivity index (χ0n) is 8.89. The summed E-state index contributed by atoms with van der Waals surface area (Å²) in [5.74, 6) is 0.396. The van der Waals surface area contributed by atoms with E-state index in [1.165, 1.54) is 0 Å². The van der Waals surface area contributed by atoms with E-state index in [0.29, 0.717) is 16.5 Å². The SMILES string of the molecule is O=C(c1nnc(-c2ccccc2Cl)o1)C1CC1. The first kappa shape index (κ1) is 10.5. The normalized spacial score (nSPS) is 14.9. The van der Waals surface area contributed by atoms with Gasteiger partial charge in [0.2, 0.25) is 11.7 Å². The predicted octanol–water partition coefficient (Wildman–Crippen LogP) is 2.98. The Kier molecular flexibility index (Phi) is 2.44. The summed E-state index contributed by atoms with van der Waals surface area (Å²) in [6.45, 7) is 0. The van der Waals surface area contributed by atoms with Crippen molar-refractivity contribution in [3.63, 3.8) is 0 Å². The van der Waals surface area contributed by atoms with Gasteiger partial charge in [0.15, 0.2) is 0 Å². The van der Waals surface area contributed by atoms with Crippen LogP contribution in [0.3, 0.4) is 0 Å². The van der Waals surface area contributed by atoms with Crippen LogP contribution < -0.4 is 0 Å². The summed E-state index contributed by atoms with van der Waals surface area (Å²) in [4.78, 5) is 11.7. The standard InChI is InChI=1S/C12H9ClN2O2/c13-9-4-2-1-3-8(9)11-14-15-12(17-11)10(16)7-5-6-7/h1-4,7H,5-6H2. The van der Waals surface area contributed by atoms with Crippen molar-refractivity contribution in [2.24, 2.45) is 5.92 Å². The summed E-state index contributed by atoms with van der Waals surface area (Å²) >= 11 is 6.01. The van der Waals surface area contributed by atoms with Crippen LogP contribution in [0.15, 0.2) is 28.7 Å². The lowest BCUT2D eigenvalue weighted by Crippen LogP contribution is -2.01. The van der Waals surface area contributed by atoms with Crippen molar-refractivity contribution in [3.05, 3.63) is 35.2 Å². The molecule has 0 spiro atoms. The number of rotatable bonds is 3. The van der Waals surface area contributed by atoms with E-state index in [0.717, 1.165) is 12.8 Å². The second-order valence-corrected chi connectivity index (χ2v) is 4.44. The highest BCUT2D eigenvalue weighted by Crippen LogP contribution is 2.33. The maximum Gasteiger partial charge on any atom is 0.284 e. The van der Waals surface area contributed by atoms with Crippen LogP contribution >= 0.6 is 11.6 Å². The van der Waals surface area contributed by atoms with Gasteiger partial charge in [-0.3, -0.25) is 4.79 Å². The lowest BCUT2D eigenvalue weighted by atomic mass is 10.2. The molecule has 0 atom stereocenters. The molecule has 1 saturated carbocycles. The zero-order valence-corrected chi connectivity index (χ0v) is 9.65. The first-order valence-electron chi connectivity index (χ1n) is 5.38. The molecule has 4 nitrogen and oxygen atoms in total. The summed E-state index contributed by atoms with van der Waals surface area (Å²) in [7, 11) is 0. The minimum absolute atomic E-state index is 0.0594. The number of carbonyl (C=O) groups is 1. The Morgan fingerprint density at radius 1 is 1.29 bits per heavy atom. The average Bonchev–Trinajstić information content (AvgIpc) is 3.07. The van der Waals surface area contributed by atoms with Gasteiger partial charge in [-0.1, -0.05) is 23.7 Å². The van der Waals surface area contributed by atoms with E-state index in [1.807, 2.05) is 12.1 Å². The minimum Gasteiger partial charge on any atom is -0.414 e. The molecule has 0 bridgehead atoms. The van der Waals surface area contributed by atoms with Gasteiger partial charge in [0.05, 0.1) is 10.6 Å².